The second-order valence-corrected chi connectivity index (χ2v) is 6.47. The zero-order chi connectivity index (χ0) is 14.9. The highest BCUT2D eigenvalue weighted by molar-refractivity contribution is 9.11. The topological polar surface area (TPSA) is 48.1 Å². The van der Waals surface area contributed by atoms with E-state index in [1.54, 1.807) is 13.3 Å². The average Bonchev–Trinajstić information content (AvgIpc) is 2.37. The maximum Gasteiger partial charge on any atom is 0.124 e. The highest BCUT2D eigenvalue weighted by Gasteiger charge is 2.20. The number of methoxy groups -OCH3 is 1. The van der Waals surface area contributed by atoms with E-state index in [9.17, 15) is 0 Å². The van der Waals surface area contributed by atoms with Crippen LogP contribution >= 0.6 is 31.9 Å². The van der Waals surface area contributed by atoms with E-state index in [0.717, 1.165) is 37.1 Å². The van der Waals surface area contributed by atoms with Gasteiger partial charge in [0, 0.05) is 20.7 Å². The van der Waals surface area contributed by atoms with Gasteiger partial charge in [0.1, 0.15) is 5.75 Å². The van der Waals surface area contributed by atoms with Crippen LogP contribution in [0.5, 0.6) is 5.75 Å². The molecule has 0 radical (unpaired) electrons. The second kappa shape index (κ2) is 6.24. The summed E-state index contributed by atoms with van der Waals surface area (Å²) in [6, 6.07) is 5.70. The number of benzene rings is 1. The molecule has 0 saturated heterocycles. The van der Waals surface area contributed by atoms with E-state index >= 15 is 0 Å². The number of rotatable bonds is 3. The summed E-state index contributed by atoms with van der Waals surface area (Å²) in [4.78, 5) is 4.42. The van der Waals surface area contributed by atoms with E-state index in [1.807, 2.05) is 26.0 Å². The van der Waals surface area contributed by atoms with E-state index in [1.165, 1.54) is 0 Å². The molecule has 2 aromatic rings. The Labute approximate surface area is 135 Å². The smallest absolute Gasteiger partial charge is 0.124 e. The molecule has 0 aliphatic rings. The highest BCUT2D eigenvalue weighted by atomic mass is 79.9. The van der Waals surface area contributed by atoms with E-state index in [-0.39, 0.29) is 6.04 Å². The molecule has 106 valence electrons. The number of nitrogens with zero attached hydrogens (tertiary/aromatic N) is 1. The standard InChI is InChI=1S/C15H16Br2N2O/c1-8-4-9(2)13(12(5-8)20-3)14(18)15-11(17)6-10(16)7-19-15/h4-7,14H,18H2,1-3H3. The van der Waals surface area contributed by atoms with Crippen LogP contribution < -0.4 is 10.5 Å². The lowest BCUT2D eigenvalue weighted by Gasteiger charge is -2.19. The van der Waals surface area contributed by atoms with Crippen LogP contribution in [0.2, 0.25) is 0 Å². The van der Waals surface area contributed by atoms with Gasteiger partial charge < -0.3 is 10.5 Å². The Bertz CT molecular complexity index is 644. The van der Waals surface area contributed by atoms with Crippen LogP contribution in [0.3, 0.4) is 0 Å². The van der Waals surface area contributed by atoms with Gasteiger partial charge in [-0.15, -0.1) is 0 Å². The molecule has 0 bridgehead atoms. The predicted octanol–water partition coefficient (Wildman–Crippen LogP) is 4.28. The Hall–Kier alpha value is -0.910. The Kier molecular flexibility index (Phi) is 4.83. The number of aromatic nitrogens is 1. The van der Waals surface area contributed by atoms with Crippen molar-refractivity contribution in [3.8, 4) is 5.75 Å². The van der Waals surface area contributed by atoms with Gasteiger partial charge in [-0.2, -0.15) is 0 Å². The van der Waals surface area contributed by atoms with Gasteiger partial charge in [-0.25, -0.2) is 0 Å². The summed E-state index contributed by atoms with van der Waals surface area (Å²) in [5.41, 5.74) is 10.4. The number of hydrogen-bond donors (Lipinski definition) is 1. The fourth-order valence-electron chi connectivity index (χ4n) is 2.30. The van der Waals surface area contributed by atoms with Gasteiger partial charge in [0.05, 0.1) is 18.8 Å². The van der Waals surface area contributed by atoms with E-state index in [4.69, 9.17) is 10.5 Å². The first-order chi connectivity index (χ1) is 9.43. The van der Waals surface area contributed by atoms with Crippen LogP contribution in [-0.4, -0.2) is 12.1 Å². The fraction of sp³-hybridized carbons (Fsp3) is 0.267. The first kappa shape index (κ1) is 15.5. The maximum absolute atomic E-state index is 6.41. The molecule has 1 atom stereocenters. The highest BCUT2D eigenvalue weighted by Crippen LogP contribution is 2.34. The molecule has 1 aromatic heterocycles. The number of nitrogens with two attached hydrogens (primary N) is 1. The zero-order valence-corrected chi connectivity index (χ0v) is 14.7. The summed E-state index contributed by atoms with van der Waals surface area (Å²) in [7, 11) is 1.66. The summed E-state index contributed by atoms with van der Waals surface area (Å²) in [5.74, 6) is 0.798. The van der Waals surface area contributed by atoms with Crippen molar-refractivity contribution in [3.63, 3.8) is 0 Å². The van der Waals surface area contributed by atoms with E-state index in [2.05, 4.69) is 42.9 Å². The first-order valence-corrected chi connectivity index (χ1v) is 7.74. The third kappa shape index (κ3) is 3.05. The lowest BCUT2D eigenvalue weighted by molar-refractivity contribution is 0.406. The van der Waals surface area contributed by atoms with Crippen molar-refractivity contribution < 1.29 is 4.74 Å². The van der Waals surface area contributed by atoms with Crippen molar-refractivity contribution >= 4 is 31.9 Å². The molecule has 3 nitrogen and oxygen atoms in total. The molecule has 0 aliphatic carbocycles. The number of hydrogen-bond acceptors (Lipinski definition) is 3. The van der Waals surface area contributed by atoms with Crippen LogP contribution in [0, 0.1) is 13.8 Å². The lowest BCUT2D eigenvalue weighted by Crippen LogP contribution is -2.17. The summed E-state index contributed by atoms with van der Waals surface area (Å²) in [6.45, 7) is 4.08. The maximum atomic E-state index is 6.41. The molecule has 0 saturated carbocycles. The van der Waals surface area contributed by atoms with Crippen LogP contribution in [0.15, 0.2) is 33.3 Å². The molecule has 20 heavy (non-hydrogen) atoms. The van der Waals surface area contributed by atoms with Gasteiger partial charge in [-0.1, -0.05) is 6.07 Å². The number of aryl methyl sites for hydroxylation is 2. The molecule has 1 unspecified atom stereocenters. The summed E-state index contributed by atoms with van der Waals surface area (Å²) < 4.78 is 7.27. The third-order valence-electron chi connectivity index (χ3n) is 3.16. The zero-order valence-electron chi connectivity index (χ0n) is 11.6. The third-order valence-corrected chi connectivity index (χ3v) is 4.22. The molecular weight excluding hydrogens is 384 g/mol. The van der Waals surface area contributed by atoms with Crippen molar-refractivity contribution in [1.29, 1.82) is 0 Å². The van der Waals surface area contributed by atoms with Crippen molar-refractivity contribution in [1.82, 2.24) is 4.98 Å². The van der Waals surface area contributed by atoms with E-state index in [0.29, 0.717) is 0 Å². The van der Waals surface area contributed by atoms with Crippen LogP contribution in [-0.2, 0) is 0 Å². The number of pyridine rings is 1. The average molecular weight is 400 g/mol. The monoisotopic (exact) mass is 398 g/mol. The molecule has 1 aromatic carbocycles. The molecule has 2 N–H and O–H groups in total. The van der Waals surface area contributed by atoms with Gasteiger partial charge >= 0.3 is 0 Å². The molecule has 0 aliphatic heterocycles. The van der Waals surface area contributed by atoms with Crippen molar-refractivity contribution in [3.05, 3.63) is 55.7 Å². The lowest BCUT2D eigenvalue weighted by atomic mass is 9.96. The van der Waals surface area contributed by atoms with E-state index < -0.39 is 0 Å². The minimum Gasteiger partial charge on any atom is -0.496 e. The van der Waals surface area contributed by atoms with Crippen molar-refractivity contribution in [2.75, 3.05) is 7.11 Å². The molecule has 5 heteroatoms. The van der Waals surface area contributed by atoms with Gasteiger partial charge in [0.15, 0.2) is 0 Å². The van der Waals surface area contributed by atoms with Gasteiger partial charge in [-0.05, 0) is 69.0 Å². The van der Waals surface area contributed by atoms with Crippen LogP contribution in [0.1, 0.15) is 28.4 Å². The van der Waals surface area contributed by atoms with Gasteiger partial charge in [-0.3, -0.25) is 4.98 Å². The molecular formula is C15H16Br2N2O. The Morgan fingerprint density at radius 2 is 1.90 bits per heavy atom. The number of halogens is 2. The number of ether oxygens (including phenoxy) is 1. The Morgan fingerprint density at radius 1 is 1.20 bits per heavy atom. The normalized spacial score (nSPS) is 12.3. The largest absolute Gasteiger partial charge is 0.496 e. The predicted molar refractivity (Wildman–Crippen MR) is 88.1 cm³/mol. The first-order valence-electron chi connectivity index (χ1n) is 6.15. The quantitative estimate of drug-likeness (QED) is 0.837. The fourth-order valence-corrected chi connectivity index (χ4v) is 3.53. The van der Waals surface area contributed by atoms with Gasteiger partial charge in [0.25, 0.3) is 0 Å². The SMILES string of the molecule is COc1cc(C)cc(C)c1C(N)c1ncc(Br)cc1Br. The molecule has 0 spiro atoms. The van der Waals surface area contributed by atoms with Gasteiger partial charge in [0.2, 0.25) is 0 Å². The van der Waals surface area contributed by atoms with Crippen molar-refractivity contribution in [2.24, 2.45) is 5.73 Å². The minimum atomic E-state index is -0.340. The molecule has 2 rings (SSSR count). The Morgan fingerprint density at radius 3 is 2.50 bits per heavy atom. The molecule has 1 heterocycles. The second-order valence-electron chi connectivity index (χ2n) is 4.70. The summed E-state index contributed by atoms with van der Waals surface area (Å²) in [5, 5.41) is 0. The van der Waals surface area contributed by atoms with Crippen LogP contribution in [0.25, 0.3) is 0 Å². The van der Waals surface area contributed by atoms with Crippen molar-refractivity contribution in [2.45, 2.75) is 19.9 Å². The van der Waals surface area contributed by atoms with Crippen LogP contribution in [0.4, 0.5) is 0 Å². The molecule has 0 fully saturated rings. The minimum absolute atomic E-state index is 0.340. The summed E-state index contributed by atoms with van der Waals surface area (Å²) in [6.07, 6.45) is 1.75. The Balaban J connectivity index is 2.55. The summed E-state index contributed by atoms with van der Waals surface area (Å²) >= 11 is 6.91. The molecule has 0 amide bonds.